The van der Waals surface area contributed by atoms with Crippen LogP contribution < -0.4 is 15.0 Å². The Hall–Kier alpha value is -2.53. The number of halogens is 1. The number of carbonyl (C=O) groups is 2. The molecule has 2 aromatic carbocycles. The second-order valence-corrected chi connectivity index (χ2v) is 6.52. The fourth-order valence-corrected chi connectivity index (χ4v) is 2.74. The minimum absolute atomic E-state index is 0.155. The van der Waals surface area contributed by atoms with E-state index in [2.05, 4.69) is 5.32 Å². The van der Waals surface area contributed by atoms with Crippen LogP contribution in [-0.4, -0.2) is 25.5 Å². The maximum absolute atomic E-state index is 12.3. The quantitative estimate of drug-likeness (QED) is 0.817. The Morgan fingerprint density at radius 3 is 2.46 bits per heavy atom. The number of benzene rings is 2. The third-order valence-electron chi connectivity index (χ3n) is 4.16. The summed E-state index contributed by atoms with van der Waals surface area (Å²) in [6.45, 7) is 5.68. The van der Waals surface area contributed by atoms with Gasteiger partial charge >= 0.3 is 0 Å². The summed E-state index contributed by atoms with van der Waals surface area (Å²) in [5.74, 6) is 0.171. The molecule has 0 aliphatic carbocycles. The van der Waals surface area contributed by atoms with E-state index >= 15 is 0 Å². The predicted octanol–water partition coefficient (Wildman–Crippen LogP) is 4.35. The second-order valence-electron chi connectivity index (χ2n) is 6.08. The minimum atomic E-state index is -0.190. The molecule has 2 amide bonds. The van der Waals surface area contributed by atoms with Crippen molar-refractivity contribution in [1.29, 1.82) is 0 Å². The lowest BCUT2D eigenvalue weighted by Gasteiger charge is -2.23. The molecular weight excluding hydrogens is 352 g/mol. The van der Waals surface area contributed by atoms with Gasteiger partial charge in [-0.25, -0.2) is 0 Å². The molecule has 0 heterocycles. The summed E-state index contributed by atoms with van der Waals surface area (Å²) in [5.41, 5.74) is 3.56. The normalized spacial score (nSPS) is 10.3. The van der Waals surface area contributed by atoms with Crippen LogP contribution in [0.5, 0.6) is 5.75 Å². The maximum atomic E-state index is 12.3. The third-order valence-corrected chi connectivity index (χ3v) is 4.40. The van der Waals surface area contributed by atoms with Crippen LogP contribution in [-0.2, 0) is 9.59 Å². The molecule has 5 nitrogen and oxygen atoms in total. The molecule has 2 aromatic rings. The summed E-state index contributed by atoms with van der Waals surface area (Å²) in [7, 11) is 1.53. The largest absolute Gasteiger partial charge is 0.495 e. The molecule has 0 aliphatic heterocycles. The number of aryl methyl sites for hydroxylation is 2. The summed E-state index contributed by atoms with van der Waals surface area (Å²) < 4.78 is 5.31. The van der Waals surface area contributed by atoms with E-state index in [1.807, 2.05) is 32.0 Å². The molecule has 138 valence electrons. The highest BCUT2D eigenvalue weighted by atomic mass is 35.5. The Balaban J connectivity index is 2.09. The molecule has 1 N–H and O–H groups in total. The Labute approximate surface area is 158 Å². The topological polar surface area (TPSA) is 58.6 Å². The molecule has 6 heteroatoms. The summed E-state index contributed by atoms with van der Waals surface area (Å²) in [4.78, 5) is 25.8. The van der Waals surface area contributed by atoms with Gasteiger partial charge in [-0.1, -0.05) is 17.7 Å². The molecule has 0 radical (unpaired) electrons. The predicted molar refractivity (Wildman–Crippen MR) is 105 cm³/mol. The number of carbonyl (C=O) groups excluding carboxylic acids is 2. The SMILES string of the molecule is COc1ccc(Cl)cc1N(CCC(=O)Nc1ccc(C)c(C)c1)C(C)=O. The second kappa shape index (κ2) is 8.72. The summed E-state index contributed by atoms with van der Waals surface area (Å²) in [6, 6.07) is 10.8. The Bertz CT molecular complexity index is 821. The minimum Gasteiger partial charge on any atom is -0.495 e. The fourth-order valence-electron chi connectivity index (χ4n) is 2.58. The van der Waals surface area contributed by atoms with Gasteiger partial charge in [0.2, 0.25) is 11.8 Å². The zero-order valence-corrected chi connectivity index (χ0v) is 16.2. The van der Waals surface area contributed by atoms with Gasteiger partial charge in [0.25, 0.3) is 0 Å². The molecule has 0 fully saturated rings. The standard InChI is InChI=1S/C20H23ClN2O3/c1-13-5-7-17(11-14(13)2)22-20(25)9-10-23(15(3)24)18-12-16(21)6-8-19(18)26-4/h5-8,11-12H,9-10H2,1-4H3,(H,22,25). The number of hydrogen-bond acceptors (Lipinski definition) is 3. The van der Waals surface area contributed by atoms with Crippen molar-refractivity contribution in [1.82, 2.24) is 0 Å². The monoisotopic (exact) mass is 374 g/mol. The van der Waals surface area contributed by atoms with Crippen LogP contribution in [0.1, 0.15) is 24.5 Å². The van der Waals surface area contributed by atoms with Crippen molar-refractivity contribution in [3.8, 4) is 5.75 Å². The van der Waals surface area contributed by atoms with Crippen LogP contribution in [0.25, 0.3) is 0 Å². The number of methoxy groups -OCH3 is 1. The van der Waals surface area contributed by atoms with Crippen LogP contribution in [0.4, 0.5) is 11.4 Å². The Kier molecular flexibility index (Phi) is 6.64. The van der Waals surface area contributed by atoms with Gasteiger partial charge in [0, 0.05) is 30.6 Å². The van der Waals surface area contributed by atoms with Gasteiger partial charge in [-0.05, 0) is 55.3 Å². The van der Waals surface area contributed by atoms with Crippen LogP contribution in [0.15, 0.2) is 36.4 Å². The molecule has 0 aliphatic rings. The zero-order valence-electron chi connectivity index (χ0n) is 15.4. The number of hydrogen-bond donors (Lipinski definition) is 1. The van der Waals surface area contributed by atoms with Crippen molar-refractivity contribution < 1.29 is 14.3 Å². The van der Waals surface area contributed by atoms with E-state index in [9.17, 15) is 9.59 Å². The third kappa shape index (κ3) is 4.99. The lowest BCUT2D eigenvalue weighted by atomic mass is 10.1. The number of nitrogens with zero attached hydrogens (tertiary/aromatic N) is 1. The van der Waals surface area contributed by atoms with Crippen molar-refractivity contribution in [2.24, 2.45) is 0 Å². The first-order valence-corrected chi connectivity index (χ1v) is 8.68. The molecule has 0 bridgehead atoms. The number of anilines is 2. The molecule has 0 spiro atoms. The molecule has 0 saturated heterocycles. The number of amides is 2. The summed E-state index contributed by atoms with van der Waals surface area (Å²) >= 11 is 6.05. The molecular formula is C20H23ClN2O3. The molecule has 0 aromatic heterocycles. The van der Waals surface area contributed by atoms with Crippen LogP contribution in [0.3, 0.4) is 0 Å². The zero-order chi connectivity index (χ0) is 19.3. The number of ether oxygens (including phenoxy) is 1. The highest BCUT2D eigenvalue weighted by molar-refractivity contribution is 6.31. The van der Waals surface area contributed by atoms with E-state index in [0.717, 1.165) is 11.3 Å². The first kappa shape index (κ1) is 19.8. The van der Waals surface area contributed by atoms with E-state index in [0.29, 0.717) is 16.5 Å². The lowest BCUT2D eigenvalue weighted by Crippen LogP contribution is -2.32. The Morgan fingerprint density at radius 2 is 1.85 bits per heavy atom. The number of nitrogens with one attached hydrogen (secondary N) is 1. The summed E-state index contributed by atoms with van der Waals surface area (Å²) in [6.07, 6.45) is 0.155. The Morgan fingerprint density at radius 1 is 1.12 bits per heavy atom. The van der Waals surface area contributed by atoms with Crippen LogP contribution >= 0.6 is 11.6 Å². The van der Waals surface area contributed by atoms with Crippen molar-refractivity contribution in [3.63, 3.8) is 0 Å². The van der Waals surface area contributed by atoms with Gasteiger partial charge < -0.3 is 15.0 Å². The molecule has 2 rings (SSSR count). The van der Waals surface area contributed by atoms with Crippen molar-refractivity contribution in [2.75, 3.05) is 23.9 Å². The van der Waals surface area contributed by atoms with Gasteiger partial charge in [0.05, 0.1) is 12.8 Å². The van der Waals surface area contributed by atoms with Gasteiger partial charge in [-0.3, -0.25) is 9.59 Å². The maximum Gasteiger partial charge on any atom is 0.226 e. The number of rotatable bonds is 6. The van der Waals surface area contributed by atoms with Crippen LogP contribution in [0.2, 0.25) is 5.02 Å². The fraction of sp³-hybridized carbons (Fsp3) is 0.300. The van der Waals surface area contributed by atoms with Crippen molar-refractivity contribution >= 4 is 34.8 Å². The van der Waals surface area contributed by atoms with Crippen molar-refractivity contribution in [2.45, 2.75) is 27.2 Å². The highest BCUT2D eigenvalue weighted by Crippen LogP contribution is 2.31. The van der Waals surface area contributed by atoms with Crippen LogP contribution in [0, 0.1) is 13.8 Å². The molecule has 26 heavy (non-hydrogen) atoms. The van der Waals surface area contributed by atoms with Gasteiger partial charge in [0.15, 0.2) is 0 Å². The highest BCUT2D eigenvalue weighted by Gasteiger charge is 2.18. The van der Waals surface area contributed by atoms with E-state index in [4.69, 9.17) is 16.3 Å². The molecule has 0 unspecified atom stereocenters. The van der Waals surface area contributed by atoms with E-state index in [1.54, 1.807) is 18.2 Å². The average Bonchev–Trinajstić information content (AvgIpc) is 2.58. The van der Waals surface area contributed by atoms with E-state index in [-0.39, 0.29) is 24.8 Å². The molecule has 0 atom stereocenters. The first-order valence-electron chi connectivity index (χ1n) is 8.30. The van der Waals surface area contributed by atoms with Crippen molar-refractivity contribution in [3.05, 3.63) is 52.5 Å². The lowest BCUT2D eigenvalue weighted by molar-refractivity contribution is -0.117. The first-order chi connectivity index (χ1) is 12.3. The van der Waals surface area contributed by atoms with Gasteiger partial charge in [-0.15, -0.1) is 0 Å². The van der Waals surface area contributed by atoms with E-state index < -0.39 is 0 Å². The van der Waals surface area contributed by atoms with Gasteiger partial charge in [0.1, 0.15) is 5.75 Å². The summed E-state index contributed by atoms with van der Waals surface area (Å²) in [5, 5.41) is 3.35. The molecule has 0 saturated carbocycles. The van der Waals surface area contributed by atoms with E-state index in [1.165, 1.54) is 24.5 Å². The van der Waals surface area contributed by atoms with Gasteiger partial charge in [-0.2, -0.15) is 0 Å². The smallest absolute Gasteiger partial charge is 0.226 e. The average molecular weight is 375 g/mol.